The van der Waals surface area contributed by atoms with E-state index >= 15 is 0 Å². The molecule has 2 atom stereocenters. The summed E-state index contributed by atoms with van der Waals surface area (Å²) in [5, 5.41) is 6.43. The molecule has 2 unspecified atom stereocenters. The van der Waals surface area contributed by atoms with Crippen molar-refractivity contribution in [1.82, 2.24) is 10.2 Å². The summed E-state index contributed by atoms with van der Waals surface area (Å²) >= 11 is 0. The van der Waals surface area contributed by atoms with Gasteiger partial charge >= 0.3 is 0 Å². The smallest absolute Gasteiger partial charge is 0.238 e. The molecule has 0 spiro atoms. The predicted octanol–water partition coefficient (Wildman–Crippen LogP) is 2.40. The third-order valence-corrected chi connectivity index (χ3v) is 4.59. The van der Waals surface area contributed by atoms with Gasteiger partial charge in [-0.1, -0.05) is 0 Å². The van der Waals surface area contributed by atoms with Crippen molar-refractivity contribution in [3.63, 3.8) is 0 Å². The highest BCUT2D eigenvalue weighted by molar-refractivity contribution is 5.92. The zero-order chi connectivity index (χ0) is 14.8. The summed E-state index contributed by atoms with van der Waals surface area (Å²) in [6.07, 6.45) is 4.77. The minimum Gasteiger partial charge on any atom is -0.325 e. The molecule has 0 saturated carbocycles. The molecule has 2 bridgehead atoms. The van der Waals surface area contributed by atoms with E-state index in [0.29, 0.717) is 30.4 Å². The van der Waals surface area contributed by atoms with Crippen molar-refractivity contribution in [2.75, 3.05) is 18.9 Å². The molecule has 4 nitrogen and oxygen atoms in total. The fraction of sp³-hybridized carbons (Fsp3) is 0.562. The quantitative estimate of drug-likeness (QED) is 0.892. The molecular formula is C16H23ClFN3O. The van der Waals surface area contributed by atoms with Gasteiger partial charge in [0, 0.05) is 23.8 Å². The topological polar surface area (TPSA) is 44.4 Å². The molecule has 2 saturated heterocycles. The highest BCUT2D eigenvalue weighted by Crippen LogP contribution is 2.29. The van der Waals surface area contributed by atoms with Crippen LogP contribution in [0.25, 0.3) is 0 Å². The van der Waals surface area contributed by atoms with Gasteiger partial charge in [0.05, 0.1) is 6.54 Å². The maximum atomic E-state index is 12.8. The lowest BCUT2D eigenvalue weighted by atomic mass is 9.98. The maximum Gasteiger partial charge on any atom is 0.238 e. The number of carbonyl (C=O) groups is 1. The molecule has 2 aliphatic rings. The highest BCUT2D eigenvalue weighted by atomic mass is 35.5. The second-order valence-corrected chi connectivity index (χ2v) is 6.23. The van der Waals surface area contributed by atoms with Crippen LogP contribution in [0.4, 0.5) is 10.1 Å². The molecule has 0 aromatic heterocycles. The first-order valence-electron chi connectivity index (χ1n) is 7.62. The van der Waals surface area contributed by atoms with E-state index in [1.54, 1.807) is 12.1 Å². The normalized spacial score (nSPS) is 26.6. The van der Waals surface area contributed by atoms with Crippen LogP contribution in [0.15, 0.2) is 24.3 Å². The lowest BCUT2D eigenvalue weighted by Crippen LogP contribution is -2.48. The van der Waals surface area contributed by atoms with Crippen LogP contribution in [-0.2, 0) is 4.79 Å². The van der Waals surface area contributed by atoms with Crippen LogP contribution in [0.3, 0.4) is 0 Å². The first-order valence-corrected chi connectivity index (χ1v) is 7.62. The molecule has 0 aliphatic carbocycles. The van der Waals surface area contributed by atoms with E-state index in [1.807, 2.05) is 7.05 Å². The van der Waals surface area contributed by atoms with Gasteiger partial charge in [-0.25, -0.2) is 4.39 Å². The van der Waals surface area contributed by atoms with Gasteiger partial charge in [-0.3, -0.25) is 9.69 Å². The first-order chi connectivity index (χ1) is 10.1. The molecule has 22 heavy (non-hydrogen) atoms. The van der Waals surface area contributed by atoms with Crippen molar-refractivity contribution in [3.05, 3.63) is 30.1 Å². The van der Waals surface area contributed by atoms with E-state index in [4.69, 9.17) is 0 Å². The van der Waals surface area contributed by atoms with Crippen LogP contribution in [-0.4, -0.2) is 42.5 Å². The Kier molecular flexibility index (Phi) is 5.78. The van der Waals surface area contributed by atoms with Crippen molar-refractivity contribution in [2.45, 2.75) is 43.8 Å². The van der Waals surface area contributed by atoms with Gasteiger partial charge in [-0.15, -0.1) is 12.4 Å². The average Bonchev–Trinajstić information content (AvgIpc) is 2.80. The Balaban J connectivity index is 0.00000176. The molecule has 3 rings (SSSR count). The summed E-state index contributed by atoms with van der Waals surface area (Å²) < 4.78 is 12.8. The molecule has 1 aromatic carbocycles. The third-order valence-electron chi connectivity index (χ3n) is 4.59. The number of hydrogen-bond acceptors (Lipinski definition) is 3. The SMILES string of the molecule is CN(CC(=O)Nc1ccc(F)cc1)C1CC2CCC(C1)N2.Cl. The fourth-order valence-corrected chi connectivity index (χ4v) is 3.48. The number of nitrogens with one attached hydrogen (secondary N) is 2. The van der Waals surface area contributed by atoms with Crippen LogP contribution in [0.2, 0.25) is 0 Å². The van der Waals surface area contributed by atoms with E-state index in [9.17, 15) is 9.18 Å². The van der Waals surface area contributed by atoms with Crippen molar-refractivity contribution < 1.29 is 9.18 Å². The van der Waals surface area contributed by atoms with Gasteiger partial charge in [-0.2, -0.15) is 0 Å². The van der Waals surface area contributed by atoms with Gasteiger partial charge < -0.3 is 10.6 Å². The number of carbonyl (C=O) groups excluding carboxylic acids is 1. The number of likely N-dealkylation sites (N-methyl/N-ethyl adjacent to an activating group) is 1. The Bertz CT molecular complexity index is 499. The second-order valence-electron chi connectivity index (χ2n) is 6.23. The lowest BCUT2D eigenvalue weighted by Gasteiger charge is -2.35. The Morgan fingerprint density at radius 3 is 2.45 bits per heavy atom. The number of anilines is 1. The second kappa shape index (κ2) is 7.40. The molecular weight excluding hydrogens is 305 g/mol. The standard InChI is InChI=1S/C16H22FN3O.ClH/c1-20(15-8-13-6-7-14(9-15)18-13)10-16(21)19-12-4-2-11(17)3-5-12;/h2-5,13-15,18H,6-10H2,1H3,(H,19,21);1H. The Morgan fingerprint density at radius 2 is 1.86 bits per heavy atom. The monoisotopic (exact) mass is 327 g/mol. The van der Waals surface area contributed by atoms with E-state index in [1.165, 1.54) is 25.0 Å². The number of fused-ring (bicyclic) bond motifs is 2. The number of halogens is 2. The van der Waals surface area contributed by atoms with Crippen LogP contribution < -0.4 is 10.6 Å². The molecule has 0 radical (unpaired) electrons. The zero-order valence-corrected chi connectivity index (χ0v) is 13.5. The van der Waals surface area contributed by atoms with Crippen molar-refractivity contribution in [3.8, 4) is 0 Å². The summed E-state index contributed by atoms with van der Waals surface area (Å²) in [4.78, 5) is 14.2. The first kappa shape index (κ1) is 17.2. The number of hydrogen-bond donors (Lipinski definition) is 2. The average molecular weight is 328 g/mol. The van der Waals surface area contributed by atoms with Gasteiger partial charge in [0.15, 0.2) is 0 Å². The number of benzene rings is 1. The Hall–Kier alpha value is -1.17. The number of amides is 1. The van der Waals surface area contributed by atoms with Crippen LogP contribution in [0, 0.1) is 5.82 Å². The number of piperidine rings is 1. The van der Waals surface area contributed by atoms with E-state index < -0.39 is 0 Å². The highest BCUT2D eigenvalue weighted by Gasteiger charge is 2.35. The zero-order valence-electron chi connectivity index (χ0n) is 12.7. The molecule has 1 aromatic rings. The minimum atomic E-state index is -0.296. The Labute approximate surface area is 136 Å². The predicted molar refractivity (Wildman–Crippen MR) is 87.9 cm³/mol. The van der Waals surface area contributed by atoms with E-state index in [-0.39, 0.29) is 24.1 Å². The van der Waals surface area contributed by atoms with Gasteiger partial charge in [0.25, 0.3) is 0 Å². The Morgan fingerprint density at radius 1 is 1.27 bits per heavy atom. The number of nitrogens with zero attached hydrogens (tertiary/aromatic N) is 1. The summed E-state index contributed by atoms with van der Waals surface area (Å²) in [7, 11) is 2.01. The van der Waals surface area contributed by atoms with Gasteiger partial charge in [0.1, 0.15) is 5.82 Å². The van der Waals surface area contributed by atoms with Crippen LogP contribution >= 0.6 is 12.4 Å². The molecule has 2 N–H and O–H groups in total. The van der Waals surface area contributed by atoms with Crippen LogP contribution in [0.1, 0.15) is 25.7 Å². The summed E-state index contributed by atoms with van der Waals surface area (Å²) in [5.41, 5.74) is 0.639. The molecule has 6 heteroatoms. The largest absolute Gasteiger partial charge is 0.325 e. The van der Waals surface area contributed by atoms with E-state index in [0.717, 1.165) is 12.8 Å². The summed E-state index contributed by atoms with van der Waals surface area (Å²) in [5.74, 6) is -0.342. The molecule has 2 heterocycles. The number of rotatable bonds is 4. The van der Waals surface area contributed by atoms with Crippen molar-refractivity contribution in [2.24, 2.45) is 0 Å². The fourth-order valence-electron chi connectivity index (χ4n) is 3.48. The van der Waals surface area contributed by atoms with Crippen molar-refractivity contribution >= 4 is 24.0 Å². The lowest BCUT2D eigenvalue weighted by molar-refractivity contribution is -0.117. The molecule has 1 amide bonds. The van der Waals surface area contributed by atoms with Crippen LogP contribution in [0.5, 0.6) is 0 Å². The van der Waals surface area contributed by atoms with Gasteiger partial charge in [-0.05, 0) is 57.0 Å². The minimum absolute atomic E-state index is 0. The summed E-state index contributed by atoms with van der Waals surface area (Å²) in [6.45, 7) is 0.376. The van der Waals surface area contributed by atoms with Crippen molar-refractivity contribution in [1.29, 1.82) is 0 Å². The third kappa shape index (κ3) is 4.18. The molecule has 122 valence electrons. The molecule has 2 fully saturated rings. The van der Waals surface area contributed by atoms with E-state index in [2.05, 4.69) is 15.5 Å². The summed E-state index contributed by atoms with van der Waals surface area (Å²) in [6, 6.07) is 7.58. The molecule has 2 aliphatic heterocycles. The maximum absolute atomic E-state index is 12.8. The van der Waals surface area contributed by atoms with Gasteiger partial charge in [0.2, 0.25) is 5.91 Å².